The zero-order valence-corrected chi connectivity index (χ0v) is 9.06. The summed E-state index contributed by atoms with van der Waals surface area (Å²) in [7, 11) is 1.63. The van der Waals surface area contributed by atoms with Gasteiger partial charge in [-0.2, -0.15) is 5.26 Å². The largest absolute Gasteiger partial charge is 0.477 e. The van der Waals surface area contributed by atoms with Gasteiger partial charge in [0, 0.05) is 24.2 Å². The maximum Gasteiger partial charge on any atom is 0.352 e. The molecule has 2 rings (SSSR count). The third-order valence-electron chi connectivity index (χ3n) is 2.39. The number of carbonyl (C=O) groups is 1. The van der Waals surface area contributed by atoms with Gasteiger partial charge in [-0.3, -0.25) is 4.99 Å². The minimum absolute atomic E-state index is 0.0714. The summed E-state index contributed by atoms with van der Waals surface area (Å²) in [5.41, 5.74) is 1.88. The van der Waals surface area contributed by atoms with Crippen molar-refractivity contribution in [2.45, 2.75) is 0 Å². The second kappa shape index (κ2) is 4.10. The van der Waals surface area contributed by atoms with Crippen LogP contribution in [-0.2, 0) is 0 Å². The predicted molar refractivity (Wildman–Crippen MR) is 63.5 cm³/mol. The second-order valence-electron chi connectivity index (χ2n) is 3.52. The molecule has 0 unspecified atom stereocenters. The van der Waals surface area contributed by atoms with Crippen LogP contribution in [-0.4, -0.2) is 29.3 Å². The molecule has 1 heterocycles. The maximum atomic E-state index is 10.8. The number of aromatic nitrogens is 1. The minimum Gasteiger partial charge on any atom is -0.477 e. The van der Waals surface area contributed by atoms with E-state index in [9.17, 15) is 4.79 Å². The zero-order valence-electron chi connectivity index (χ0n) is 9.06. The van der Waals surface area contributed by atoms with Gasteiger partial charge < -0.3 is 10.1 Å². The highest BCUT2D eigenvalue weighted by atomic mass is 16.4. The van der Waals surface area contributed by atoms with Gasteiger partial charge in [0.2, 0.25) is 0 Å². The molecule has 0 amide bonds. The van der Waals surface area contributed by atoms with Crippen molar-refractivity contribution in [3.63, 3.8) is 0 Å². The molecule has 0 saturated carbocycles. The lowest BCUT2D eigenvalue weighted by molar-refractivity contribution is 0.0691. The standard InChI is InChI=1S/C12H9N3O2/c1-14-6-7-2-8(5-13)9-4-11(12(16)17)15-10(9)3-7/h2-4,6,15H,1H3,(H,16,17)/b14-6-. The first-order chi connectivity index (χ1) is 8.15. The molecular weight excluding hydrogens is 218 g/mol. The fraction of sp³-hybridized carbons (Fsp3) is 0.0833. The van der Waals surface area contributed by atoms with E-state index < -0.39 is 5.97 Å². The lowest BCUT2D eigenvalue weighted by Gasteiger charge is -1.96. The van der Waals surface area contributed by atoms with E-state index in [1.165, 1.54) is 6.07 Å². The quantitative estimate of drug-likeness (QED) is 0.766. The Labute approximate surface area is 97.0 Å². The van der Waals surface area contributed by atoms with Crippen molar-refractivity contribution in [2.75, 3.05) is 7.05 Å². The Kier molecular flexibility index (Phi) is 2.63. The monoisotopic (exact) mass is 227 g/mol. The first kappa shape index (κ1) is 10.9. The molecule has 2 N–H and O–H groups in total. The van der Waals surface area contributed by atoms with E-state index in [0.29, 0.717) is 16.5 Å². The van der Waals surface area contributed by atoms with E-state index in [1.807, 2.05) is 6.07 Å². The summed E-state index contributed by atoms with van der Waals surface area (Å²) >= 11 is 0. The van der Waals surface area contributed by atoms with Crippen molar-refractivity contribution in [3.8, 4) is 6.07 Å². The van der Waals surface area contributed by atoms with Crippen LogP contribution in [0.25, 0.3) is 10.9 Å². The number of benzene rings is 1. The molecule has 1 aromatic carbocycles. The van der Waals surface area contributed by atoms with Gasteiger partial charge in [0.1, 0.15) is 5.69 Å². The van der Waals surface area contributed by atoms with E-state index in [4.69, 9.17) is 10.4 Å². The zero-order chi connectivity index (χ0) is 12.4. The van der Waals surface area contributed by atoms with E-state index in [2.05, 4.69) is 9.98 Å². The van der Waals surface area contributed by atoms with Crippen LogP contribution in [0.5, 0.6) is 0 Å². The van der Waals surface area contributed by atoms with Gasteiger partial charge in [-0.1, -0.05) is 0 Å². The molecule has 2 aromatic rings. The molecule has 0 aliphatic carbocycles. The number of carboxylic acids is 1. The highest BCUT2D eigenvalue weighted by Gasteiger charge is 2.11. The van der Waals surface area contributed by atoms with Gasteiger partial charge in [-0.15, -0.1) is 0 Å². The molecule has 0 aliphatic heterocycles. The molecule has 0 saturated heterocycles. The number of carboxylic acid groups (broad SMARTS) is 1. The number of rotatable bonds is 2. The Morgan fingerprint density at radius 3 is 2.88 bits per heavy atom. The van der Waals surface area contributed by atoms with Crippen LogP contribution in [0.1, 0.15) is 21.6 Å². The smallest absolute Gasteiger partial charge is 0.352 e. The van der Waals surface area contributed by atoms with E-state index >= 15 is 0 Å². The molecule has 17 heavy (non-hydrogen) atoms. The molecule has 5 nitrogen and oxygen atoms in total. The molecule has 0 radical (unpaired) electrons. The fourth-order valence-corrected chi connectivity index (χ4v) is 1.69. The first-order valence-electron chi connectivity index (χ1n) is 4.88. The van der Waals surface area contributed by atoms with Crippen molar-refractivity contribution in [1.29, 1.82) is 5.26 Å². The number of hydrogen-bond acceptors (Lipinski definition) is 3. The van der Waals surface area contributed by atoms with Crippen LogP contribution in [0.3, 0.4) is 0 Å². The Bertz CT molecular complexity index is 662. The lowest BCUT2D eigenvalue weighted by atomic mass is 10.1. The summed E-state index contributed by atoms with van der Waals surface area (Å²) < 4.78 is 0. The number of aromatic amines is 1. The van der Waals surface area contributed by atoms with Crippen LogP contribution in [0.15, 0.2) is 23.2 Å². The molecule has 0 fully saturated rings. The molecule has 84 valence electrons. The summed E-state index contributed by atoms with van der Waals surface area (Å²) in [6.07, 6.45) is 1.61. The number of nitrogens with one attached hydrogen (secondary N) is 1. The number of fused-ring (bicyclic) bond motifs is 1. The van der Waals surface area contributed by atoms with Crippen LogP contribution in [0, 0.1) is 11.3 Å². The molecule has 1 aromatic heterocycles. The number of nitrogens with zero attached hydrogens (tertiary/aromatic N) is 2. The van der Waals surface area contributed by atoms with Gasteiger partial charge in [-0.25, -0.2) is 4.79 Å². The van der Waals surface area contributed by atoms with Gasteiger partial charge >= 0.3 is 5.97 Å². The van der Waals surface area contributed by atoms with E-state index in [0.717, 1.165) is 5.56 Å². The van der Waals surface area contributed by atoms with Crippen molar-refractivity contribution >= 4 is 23.1 Å². The van der Waals surface area contributed by atoms with Crippen molar-refractivity contribution in [1.82, 2.24) is 4.98 Å². The summed E-state index contributed by atoms with van der Waals surface area (Å²) in [4.78, 5) is 17.5. The number of H-pyrrole nitrogens is 1. The lowest BCUT2D eigenvalue weighted by Crippen LogP contribution is -1.94. The fourth-order valence-electron chi connectivity index (χ4n) is 1.69. The Morgan fingerprint density at radius 1 is 1.53 bits per heavy atom. The van der Waals surface area contributed by atoms with Crippen molar-refractivity contribution in [2.24, 2.45) is 4.99 Å². The molecular formula is C12H9N3O2. The van der Waals surface area contributed by atoms with E-state index in [1.54, 1.807) is 25.4 Å². The average molecular weight is 227 g/mol. The topological polar surface area (TPSA) is 89.2 Å². The molecule has 5 heteroatoms. The van der Waals surface area contributed by atoms with Gasteiger partial charge in [0.05, 0.1) is 11.6 Å². The van der Waals surface area contributed by atoms with Crippen molar-refractivity contribution < 1.29 is 9.90 Å². The predicted octanol–water partition coefficient (Wildman–Crippen LogP) is 1.79. The SMILES string of the molecule is C/N=C\c1cc(C#N)c2cc(C(=O)O)[nH]c2c1. The molecule has 0 spiro atoms. The third-order valence-corrected chi connectivity index (χ3v) is 2.39. The number of aromatic carboxylic acids is 1. The van der Waals surface area contributed by atoms with Crippen LogP contribution in [0.2, 0.25) is 0 Å². The number of aliphatic imine (C=N–C) groups is 1. The number of nitriles is 1. The summed E-state index contributed by atoms with van der Waals surface area (Å²) in [6.45, 7) is 0. The molecule has 0 atom stereocenters. The summed E-state index contributed by atoms with van der Waals surface area (Å²) in [6, 6.07) is 6.94. The highest BCUT2D eigenvalue weighted by Crippen LogP contribution is 2.21. The Hall–Kier alpha value is -2.61. The number of hydrogen-bond donors (Lipinski definition) is 2. The van der Waals surface area contributed by atoms with Gasteiger partial charge in [-0.05, 0) is 23.8 Å². The Balaban J connectivity index is 2.74. The molecule has 0 bridgehead atoms. The summed E-state index contributed by atoms with van der Waals surface area (Å²) in [5.74, 6) is -1.05. The third kappa shape index (κ3) is 1.88. The van der Waals surface area contributed by atoms with Crippen molar-refractivity contribution in [3.05, 3.63) is 35.0 Å². The Morgan fingerprint density at radius 2 is 2.29 bits per heavy atom. The highest BCUT2D eigenvalue weighted by molar-refractivity contribution is 5.98. The minimum atomic E-state index is -1.05. The van der Waals surface area contributed by atoms with Crippen LogP contribution in [0.4, 0.5) is 0 Å². The second-order valence-corrected chi connectivity index (χ2v) is 3.52. The van der Waals surface area contributed by atoms with Crippen LogP contribution < -0.4 is 0 Å². The van der Waals surface area contributed by atoms with E-state index in [-0.39, 0.29) is 5.69 Å². The normalized spacial score (nSPS) is 10.8. The molecule has 0 aliphatic rings. The van der Waals surface area contributed by atoms with Gasteiger partial charge in [0.15, 0.2) is 0 Å². The first-order valence-corrected chi connectivity index (χ1v) is 4.88. The average Bonchev–Trinajstić information content (AvgIpc) is 2.72. The maximum absolute atomic E-state index is 10.8. The van der Waals surface area contributed by atoms with Crippen LogP contribution >= 0.6 is 0 Å². The summed E-state index contributed by atoms with van der Waals surface area (Å²) in [5, 5.41) is 18.5. The van der Waals surface area contributed by atoms with Gasteiger partial charge in [0.25, 0.3) is 0 Å².